The van der Waals surface area contributed by atoms with Gasteiger partial charge in [-0.2, -0.15) is 0 Å². The monoisotopic (exact) mass is 856 g/mol. The van der Waals surface area contributed by atoms with Gasteiger partial charge in [0.15, 0.2) is 17.5 Å². The van der Waals surface area contributed by atoms with Gasteiger partial charge in [-0.3, -0.25) is 0 Å². The van der Waals surface area contributed by atoms with Gasteiger partial charge in [0.1, 0.15) is 0 Å². The first-order valence-corrected chi connectivity index (χ1v) is 23.2. The van der Waals surface area contributed by atoms with Gasteiger partial charge in [0, 0.05) is 58.8 Å². The molecule has 11 aromatic carbocycles. The minimum absolute atomic E-state index is 0.617. The molecule has 0 bridgehead atoms. The second-order valence-electron chi connectivity index (χ2n) is 17.1. The summed E-state index contributed by atoms with van der Waals surface area (Å²) in [7, 11) is 0. The van der Waals surface area contributed by atoms with Crippen molar-refractivity contribution in [2.45, 2.75) is 0 Å². The Kier molecular flexibility index (Phi) is 8.12. The Labute approximate surface area is 383 Å². The Morgan fingerprint density at radius 3 is 1.59 bits per heavy atom. The number of thiophene rings is 1. The van der Waals surface area contributed by atoms with E-state index < -0.39 is 0 Å². The zero-order valence-corrected chi connectivity index (χ0v) is 36.3. The van der Waals surface area contributed by atoms with Crippen LogP contribution in [0.1, 0.15) is 0 Å². The van der Waals surface area contributed by atoms with Crippen molar-refractivity contribution in [2.24, 2.45) is 0 Å². The van der Waals surface area contributed by atoms with Crippen molar-refractivity contribution >= 4 is 96.4 Å². The molecule has 0 radical (unpaired) electrons. The first-order chi connectivity index (χ1) is 32.7. The van der Waals surface area contributed by atoms with E-state index in [1.54, 1.807) is 0 Å². The van der Waals surface area contributed by atoms with Gasteiger partial charge in [0.2, 0.25) is 0 Å². The molecule has 5 heteroatoms. The third-order valence-electron chi connectivity index (χ3n) is 13.4. The number of para-hydroxylation sites is 1. The molecule has 0 unspecified atom stereocenters. The van der Waals surface area contributed by atoms with Crippen molar-refractivity contribution in [1.29, 1.82) is 0 Å². The van der Waals surface area contributed by atoms with E-state index >= 15 is 0 Å². The van der Waals surface area contributed by atoms with Gasteiger partial charge in [-0.15, -0.1) is 11.3 Å². The molecule has 14 aromatic rings. The van der Waals surface area contributed by atoms with Gasteiger partial charge in [-0.25, -0.2) is 15.0 Å². The Bertz CT molecular complexity index is 4260. The van der Waals surface area contributed by atoms with Crippen LogP contribution in [0.5, 0.6) is 0 Å². The molecule has 3 heterocycles. The van der Waals surface area contributed by atoms with Gasteiger partial charge in [-0.05, 0) is 91.6 Å². The van der Waals surface area contributed by atoms with E-state index in [2.05, 4.69) is 205 Å². The van der Waals surface area contributed by atoms with Gasteiger partial charge in [-0.1, -0.05) is 170 Å². The lowest BCUT2D eigenvalue weighted by Gasteiger charge is -2.17. The summed E-state index contributed by atoms with van der Waals surface area (Å²) in [4.78, 5) is 15.9. The summed E-state index contributed by atoms with van der Waals surface area (Å²) in [6.07, 6.45) is 0. The molecule has 0 spiro atoms. The lowest BCUT2D eigenvalue weighted by Crippen LogP contribution is -2.02. The van der Waals surface area contributed by atoms with E-state index in [-0.39, 0.29) is 0 Å². The van der Waals surface area contributed by atoms with Gasteiger partial charge in [0.05, 0.1) is 16.7 Å². The molecule has 0 saturated carbocycles. The molecule has 0 aliphatic heterocycles. The molecule has 3 aromatic heterocycles. The van der Waals surface area contributed by atoms with E-state index in [9.17, 15) is 0 Å². The molecular formula is C61H36N4S. The van der Waals surface area contributed by atoms with Crippen LogP contribution in [0.4, 0.5) is 0 Å². The van der Waals surface area contributed by atoms with E-state index in [1.165, 1.54) is 79.6 Å². The van der Waals surface area contributed by atoms with Gasteiger partial charge in [0.25, 0.3) is 0 Å². The number of rotatable bonds is 5. The third kappa shape index (κ3) is 5.67. The fraction of sp³-hybridized carbons (Fsp3) is 0. The van der Waals surface area contributed by atoms with E-state index in [0.717, 1.165) is 39.0 Å². The summed E-state index contributed by atoms with van der Waals surface area (Å²) in [5, 5.41) is 14.7. The molecule has 14 rings (SSSR count). The maximum atomic E-state index is 5.38. The zero-order chi connectivity index (χ0) is 43.3. The molecule has 4 nitrogen and oxygen atoms in total. The number of hydrogen-bond donors (Lipinski definition) is 0. The highest BCUT2D eigenvalue weighted by Crippen LogP contribution is 2.45. The number of benzene rings is 11. The van der Waals surface area contributed by atoms with Crippen molar-refractivity contribution in [1.82, 2.24) is 19.5 Å². The largest absolute Gasteiger partial charge is 0.309 e. The van der Waals surface area contributed by atoms with Crippen LogP contribution >= 0.6 is 11.3 Å². The SMILES string of the molecule is c1ccc(-c2nc(-c3ccc(-n4c5ccccc5c5cc6ccccc6cc54)c(-c4cccc5c4sc4ccccc45)c3)nc(-c3ccc4c5ccccc5c5ccccc5c4c3)n2)cc1. The molecule has 0 aliphatic rings. The van der Waals surface area contributed by atoms with Crippen molar-refractivity contribution in [3.05, 3.63) is 218 Å². The van der Waals surface area contributed by atoms with Gasteiger partial charge < -0.3 is 4.57 Å². The van der Waals surface area contributed by atoms with Crippen molar-refractivity contribution in [3.8, 4) is 51.0 Å². The summed E-state index contributed by atoms with van der Waals surface area (Å²) in [5.74, 6) is 1.88. The standard InChI is InChI=1S/C61H36N4S/c1-2-15-37(16-3-1)59-62-60(40-29-31-46-44-21-7-6-19-42(44)43-20-8-9-22-45(43)51(46)34-40)64-61(63-59)41-30-32-55(53(35-41)50-26-14-25-49-48-24-11-13-28-57(48)66-58(49)50)65-54-27-12-10-23-47(54)52-33-38-17-4-5-18-39(38)36-56(52)65/h1-36H. The van der Waals surface area contributed by atoms with Crippen LogP contribution in [0.15, 0.2) is 218 Å². The number of hydrogen-bond acceptors (Lipinski definition) is 4. The minimum atomic E-state index is 0.617. The van der Waals surface area contributed by atoms with Crippen molar-refractivity contribution < 1.29 is 0 Å². The number of aromatic nitrogens is 4. The first kappa shape index (κ1) is 36.9. The summed E-state index contributed by atoms with van der Waals surface area (Å²) in [6, 6.07) is 78.7. The maximum Gasteiger partial charge on any atom is 0.164 e. The summed E-state index contributed by atoms with van der Waals surface area (Å²) < 4.78 is 4.98. The highest BCUT2D eigenvalue weighted by atomic mass is 32.1. The predicted molar refractivity (Wildman–Crippen MR) is 279 cm³/mol. The molecular weight excluding hydrogens is 821 g/mol. The van der Waals surface area contributed by atoms with Crippen LogP contribution < -0.4 is 0 Å². The van der Waals surface area contributed by atoms with Crippen LogP contribution in [0.3, 0.4) is 0 Å². The van der Waals surface area contributed by atoms with Crippen LogP contribution in [-0.2, 0) is 0 Å². The molecule has 0 saturated heterocycles. The molecule has 0 amide bonds. The Hall–Kier alpha value is -8.51. The topological polar surface area (TPSA) is 43.6 Å². The highest BCUT2D eigenvalue weighted by Gasteiger charge is 2.22. The summed E-state index contributed by atoms with van der Waals surface area (Å²) in [6.45, 7) is 0. The minimum Gasteiger partial charge on any atom is -0.309 e. The lowest BCUT2D eigenvalue weighted by molar-refractivity contribution is 1.07. The Morgan fingerprint density at radius 2 is 0.848 bits per heavy atom. The van der Waals surface area contributed by atoms with Crippen LogP contribution in [0, 0.1) is 0 Å². The predicted octanol–water partition coefficient (Wildman–Crippen LogP) is 16.6. The second kappa shape index (κ2) is 14.5. The Balaban J connectivity index is 1.04. The quantitative estimate of drug-likeness (QED) is 0.162. The zero-order valence-electron chi connectivity index (χ0n) is 35.5. The van der Waals surface area contributed by atoms with E-state index in [0.29, 0.717) is 17.5 Å². The van der Waals surface area contributed by atoms with Crippen molar-refractivity contribution in [3.63, 3.8) is 0 Å². The first-order valence-electron chi connectivity index (χ1n) is 22.3. The highest BCUT2D eigenvalue weighted by molar-refractivity contribution is 7.26. The van der Waals surface area contributed by atoms with Crippen molar-refractivity contribution in [2.75, 3.05) is 0 Å². The maximum absolute atomic E-state index is 5.38. The average Bonchev–Trinajstić information content (AvgIpc) is 3.93. The Morgan fingerprint density at radius 1 is 0.303 bits per heavy atom. The summed E-state index contributed by atoms with van der Waals surface area (Å²) in [5.41, 5.74) is 8.48. The molecule has 0 N–H and O–H groups in total. The fourth-order valence-corrected chi connectivity index (χ4v) is 11.6. The number of nitrogens with zero attached hydrogens (tertiary/aromatic N) is 4. The third-order valence-corrected chi connectivity index (χ3v) is 14.6. The van der Waals surface area contributed by atoms with E-state index in [1.807, 2.05) is 29.5 Å². The average molecular weight is 857 g/mol. The summed E-state index contributed by atoms with van der Waals surface area (Å²) >= 11 is 1.85. The van der Waals surface area contributed by atoms with Crippen LogP contribution in [0.2, 0.25) is 0 Å². The van der Waals surface area contributed by atoms with Crippen LogP contribution in [0.25, 0.3) is 136 Å². The molecule has 66 heavy (non-hydrogen) atoms. The fourth-order valence-electron chi connectivity index (χ4n) is 10.4. The molecule has 0 atom stereocenters. The second-order valence-corrected chi connectivity index (χ2v) is 18.2. The van der Waals surface area contributed by atoms with Gasteiger partial charge >= 0.3 is 0 Å². The van der Waals surface area contributed by atoms with E-state index in [4.69, 9.17) is 15.0 Å². The lowest BCUT2D eigenvalue weighted by atomic mass is 9.93. The van der Waals surface area contributed by atoms with Crippen LogP contribution in [-0.4, -0.2) is 19.5 Å². The molecule has 0 aliphatic carbocycles. The normalized spacial score (nSPS) is 11.9. The molecule has 0 fully saturated rings. The molecule has 306 valence electrons. The smallest absolute Gasteiger partial charge is 0.164 e. The number of fused-ring (bicyclic) bond motifs is 13.